The van der Waals surface area contributed by atoms with Crippen LogP contribution in [0.5, 0.6) is 17.2 Å². The number of rotatable bonds is 6. The number of phenols is 1. The van der Waals surface area contributed by atoms with E-state index < -0.39 is 0 Å². The van der Waals surface area contributed by atoms with Gasteiger partial charge in [0.2, 0.25) is 0 Å². The third-order valence-electron chi connectivity index (χ3n) is 6.66. The van der Waals surface area contributed by atoms with Crippen molar-refractivity contribution in [2.45, 2.75) is 25.9 Å². The summed E-state index contributed by atoms with van der Waals surface area (Å²) in [7, 11) is 3.27. The number of nitrogens with one attached hydrogen (secondary N) is 1. The van der Waals surface area contributed by atoms with Crippen LogP contribution in [0.2, 0.25) is 0 Å². The number of ether oxygens (including phenoxy) is 2. The van der Waals surface area contributed by atoms with Gasteiger partial charge in [-0.15, -0.1) is 0 Å². The van der Waals surface area contributed by atoms with Crippen LogP contribution in [0.25, 0.3) is 5.69 Å². The van der Waals surface area contributed by atoms with Crippen molar-refractivity contribution in [3.05, 3.63) is 95.6 Å². The van der Waals surface area contributed by atoms with Crippen LogP contribution in [-0.4, -0.2) is 34.0 Å². The summed E-state index contributed by atoms with van der Waals surface area (Å²) in [6.07, 6.45) is 1.79. The van der Waals surface area contributed by atoms with Gasteiger partial charge in [-0.2, -0.15) is 0 Å². The van der Waals surface area contributed by atoms with Gasteiger partial charge in [-0.05, 0) is 74.1 Å². The number of aromatic nitrogens is 2. The first-order chi connectivity index (χ1) is 17.4. The zero-order valence-corrected chi connectivity index (χ0v) is 21.4. The number of para-hydroxylation sites is 2. The molecule has 2 aromatic carbocycles. The Morgan fingerprint density at radius 2 is 1.72 bits per heavy atom. The fourth-order valence-corrected chi connectivity index (χ4v) is 5.36. The number of pyridine rings is 1. The minimum Gasteiger partial charge on any atom is -0.506 e. The number of benzene rings is 2. The Morgan fingerprint density at radius 3 is 2.42 bits per heavy atom. The molecule has 4 aromatic rings. The van der Waals surface area contributed by atoms with Crippen molar-refractivity contribution in [3.8, 4) is 22.9 Å². The molecule has 2 N–H and O–H groups in total. The summed E-state index contributed by atoms with van der Waals surface area (Å²) in [4.78, 5) is 6.74. The molecule has 0 unspecified atom stereocenters. The van der Waals surface area contributed by atoms with E-state index in [0.717, 1.165) is 34.0 Å². The molecule has 0 radical (unpaired) electrons. The van der Waals surface area contributed by atoms with Crippen LogP contribution in [0.15, 0.2) is 72.9 Å². The van der Waals surface area contributed by atoms with E-state index in [1.165, 1.54) is 0 Å². The number of aryl methyl sites for hydroxylation is 1. The molecule has 7 nitrogen and oxygen atoms in total. The van der Waals surface area contributed by atoms with E-state index >= 15 is 0 Å². The Bertz CT molecular complexity index is 1420. The van der Waals surface area contributed by atoms with Gasteiger partial charge in [-0.1, -0.05) is 18.2 Å². The molecule has 36 heavy (non-hydrogen) atoms. The molecule has 5 rings (SSSR count). The molecular weight excluding hydrogens is 472 g/mol. The number of nitrogens with zero attached hydrogens (tertiary/aromatic N) is 3. The maximum Gasteiger partial charge on any atom is 0.174 e. The number of hydrogen-bond acceptors (Lipinski definition) is 5. The summed E-state index contributed by atoms with van der Waals surface area (Å²) in [5.41, 5.74) is 5.51. The van der Waals surface area contributed by atoms with Crippen molar-refractivity contribution in [1.29, 1.82) is 0 Å². The molecule has 2 atom stereocenters. The fraction of sp³-hybridized carbons (Fsp3) is 0.214. The Hall–Kier alpha value is -4.04. The molecular formula is C28H28N4O3S. The molecule has 0 aliphatic carbocycles. The van der Waals surface area contributed by atoms with E-state index in [0.29, 0.717) is 16.6 Å². The first-order valence-electron chi connectivity index (χ1n) is 11.6. The first-order valence-corrected chi connectivity index (χ1v) is 12.0. The molecule has 0 spiro atoms. The van der Waals surface area contributed by atoms with E-state index in [1.54, 1.807) is 26.5 Å². The molecule has 184 valence electrons. The summed E-state index contributed by atoms with van der Waals surface area (Å²) in [5, 5.41) is 14.7. The lowest BCUT2D eigenvalue weighted by Gasteiger charge is -2.29. The van der Waals surface area contributed by atoms with Crippen LogP contribution < -0.4 is 19.7 Å². The van der Waals surface area contributed by atoms with Crippen LogP contribution in [0.3, 0.4) is 0 Å². The second-order valence-electron chi connectivity index (χ2n) is 8.68. The molecule has 1 saturated heterocycles. The van der Waals surface area contributed by atoms with Gasteiger partial charge in [-0.25, -0.2) is 0 Å². The third kappa shape index (κ3) is 3.93. The molecule has 1 fully saturated rings. The molecule has 0 saturated carbocycles. The SMILES string of the molecule is COc1ccc(N2C(=S)N[C@H](c3ccccn3)[C@@H]2c2cc(C)n(-c3ccccc3O)c2C)c(OC)c1. The average Bonchev–Trinajstić information content (AvgIpc) is 3.39. The van der Waals surface area contributed by atoms with Crippen LogP contribution in [0.4, 0.5) is 5.69 Å². The minimum absolute atomic E-state index is 0.205. The molecule has 0 bridgehead atoms. The van der Waals surface area contributed by atoms with Gasteiger partial charge in [0.1, 0.15) is 17.2 Å². The van der Waals surface area contributed by atoms with Gasteiger partial charge < -0.3 is 29.4 Å². The second kappa shape index (κ2) is 9.54. The summed E-state index contributed by atoms with van der Waals surface area (Å²) in [6, 6.07) is 20.7. The Kier molecular flexibility index (Phi) is 6.28. The molecule has 3 heterocycles. The van der Waals surface area contributed by atoms with Gasteiger partial charge >= 0.3 is 0 Å². The van der Waals surface area contributed by atoms with E-state index in [2.05, 4.69) is 32.8 Å². The summed E-state index contributed by atoms with van der Waals surface area (Å²) in [5.74, 6) is 1.57. The highest BCUT2D eigenvalue weighted by Gasteiger charge is 2.43. The maximum absolute atomic E-state index is 10.6. The Morgan fingerprint density at radius 1 is 0.944 bits per heavy atom. The lowest BCUT2D eigenvalue weighted by atomic mass is 9.96. The average molecular weight is 501 g/mol. The standard InChI is InChI=1S/C28H28N4O3S/c1-17-15-20(18(2)31(17)22-10-5-6-11-24(22)33)27-26(21-9-7-8-14-29-21)30-28(36)32(27)23-13-12-19(34-3)16-25(23)35-4/h5-16,26-27,33H,1-4H3,(H,30,36)/t26-,27+/m1/s1. The van der Waals surface area contributed by atoms with Crippen LogP contribution in [-0.2, 0) is 0 Å². The largest absolute Gasteiger partial charge is 0.506 e. The molecule has 1 aliphatic rings. The zero-order valence-electron chi connectivity index (χ0n) is 20.6. The summed E-state index contributed by atoms with van der Waals surface area (Å²) < 4.78 is 13.2. The van der Waals surface area contributed by atoms with E-state index in [9.17, 15) is 5.11 Å². The normalized spacial score (nSPS) is 17.2. The molecule has 0 amide bonds. The van der Waals surface area contributed by atoms with Crippen LogP contribution >= 0.6 is 12.2 Å². The molecule has 1 aliphatic heterocycles. The van der Waals surface area contributed by atoms with Crippen molar-refractivity contribution in [1.82, 2.24) is 14.9 Å². The third-order valence-corrected chi connectivity index (χ3v) is 6.97. The predicted molar refractivity (Wildman–Crippen MR) is 144 cm³/mol. The number of anilines is 1. The zero-order chi connectivity index (χ0) is 25.4. The minimum atomic E-state index is -0.222. The van der Waals surface area contributed by atoms with Crippen molar-refractivity contribution < 1.29 is 14.6 Å². The highest BCUT2D eigenvalue weighted by atomic mass is 32.1. The highest BCUT2D eigenvalue weighted by molar-refractivity contribution is 7.80. The number of aromatic hydroxyl groups is 1. The van der Waals surface area contributed by atoms with Gasteiger partial charge in [0.25, 0.3) is 0 Å². The van der Waals surface area contributed by atoms with Crippen LogP contribution in [0.1, 0.15) is 34.7 Å². The predicted octanol–water partition coefficient (Wildman–Crippen LogP) is 5.39. The van der Waals surface area contributed by atoms with Crippen molar-refractivity contribution in [2.75, 3.05) is 19.1 Å². The molecule has 8 heteroatoms. The number of methoxy groups -OCH3 is 2. The van der Waals surface area contributed by atoms with E-state index in [1.807, 2.05) is 61.5 Å². The van der Waals surface area contributed by atoms with Crippen molar-refractivity contribution in [2.24, 2.45) is 0 Å². The fourth-order valence-electron chi connectivity index (χ4n) is 5.03. The van der Waals surface area contributed by atoms with E-state index in [4.69, 9.17) is 21.7 Å². The van der Waals surface area contributed by atoms with Crippen LogP contribution in [0, 0.1) is 13.8 Å². The lowest BCUT2D eigenvalue weighted by Crippen LogP contribution is -2.30. The lowest BCUT2D eigenvalue weighted by molar-refractivity contribution is 0.394. The van der Waals surface area contributed by atoms with Gasteiger partial charge in [-0.3, -0.25) is 4.98 Å². The second-order valence-corrected chi connectivity index (χ2v) is 9.07. The van der Waals surface area contributed by atoms with E-state index in [-0.39, 0.29) is 17.8 Å². The van der Waals surface area contributed by atoms with Crippen molar-refractivity contribution in [3.63, 3.8) is 0 Å². The van der Waals surface area contributed by atoms with Gasteiger partial charge in [0, 0.05) is 23.7 Å². The Balaban J connectivity index is 1.71. The number of thiocarbonyl (C=S) groups is 1. The van der Waals surface area contributed by atoms with Gasteiger partial charge in [0.05, 0.1) is 43.4 Å². The monoisotopic (exact) mass is 500 g/mol. The number of phenolic OH excluding ortho intramolecular Hbond substituents is 1. The quantitative estimate of drug-likeness (QED) is 0.344. The smallest absolute Gasteiger partial charge is 0.174 e. The first kappa shape index (κ1) is 23.7. The van der Waals surface area contributed by atoms with Crippen molar-refractivity contribution >= 4 is 23.0 Å². The topological polar surface area (TPSA) is 71.8 Å². The summed E-state index contributed by atoms with van der Waals surface area (Å²) in [6.45, 7) is 4.10. The van der Waals surface area contributed by atoms with Gasteiger partial charge in [0.15, 0.2) is 5.11 Å². The molecule has 2 aromatic heterocycles. The summed E-state index contributed by atoms with van der Waals surface area (Å²) >= 11 is 5.90. The number of hydrogen-bond donors (Lipinski definition) is 2. The maximum atomic E-state index is 10.6. The Labute approximate surface area is 215 Å². The highest BCUT2D eigenvalue weighted by Crippen LogP contribution is 2.47.